The van der Waals surface area contributed by atoms with E-state index in [1.165, 1.54) is 5.56 Å². The van der Waals surface area contributed by atoms with Gasteiger partial charge in [-0.15, -0.1) is 0 Å². The molecule has 1 amide bonds. The van der Waals surface area contributed by atoms with Crippen molar-refractivity contribution in [2.24, 2.45) is 0 Å². The van der Waals surface area contributed by atoms with Gasteiger partial charge in [0.05, 0.1) is 12.2 Å². The second kappa shape index (κ2) is 7.62. The quantitative estimate of drug-likeness (QED) is 0.655. The van der Waals surface area contributed by atoms with Crippen LogP contribution in [0.3, 0.4) is 0 Å². The van der Waals surface area contributed by atoms with Crippen molar-refractivity contribution in [3.05, 3.63) is 86.9 Å². The molecule has 3 nitrogen and oxygen atoms in total. The fourth-order valence-electron chi connectivity index (χ4n) is 3.17. The number of amides is 1. The van der Waals surface area contributed by atoms with Crippen LogP contribution in [0.1, 0.15) is 38.3 Å². The number of aryl methyl sites for hydroxylation is 3. The molecule has 0 fully saturated rings. The molecule has 1 aromatic carbocycles. The van der Waals surface area contributed by atoms with Gasteiger partial charge in [0.1, 0.15) is 0 Å². The van der Waals surface area contributed by atoms with E-state index in [0.717, 1.165) is 27.9 Å². The van der Waals surface area contributed by atoms with Crippen molar-refractivity contribution in [3.8, 4) is 0 Å². The van der Waals surface area contributed by atoms with Crippen LogP contribution in [0.4, 0.5) is 0 Å². The van der Waals surface area contributed by atoms with E-state index < -0.39 is 0 Å². The average molecular weight is 350 g/mol. The Bertz CT molecular complexity index is 834. The van der Waals surface area contributed by atoms with Crippen LogP contribution in [-0.4, -0.2) is 15.8 Å². The summed E-state index contributed by atoms with van der Waals surface area (Å²) in [5.41, 5.74) is 6.08. The van der Waals surface area contributed by atoms with Gasteiger partial charge in [0.2, 0.25) is 0 Å². The van der Waals surface area contributed by atoms with Crippen molar-refractivity contribution in [1.82, 2.24) is 9.88 Å². The number of aromatic nitrogens is 1. The lowest BCUT2D eigenvalue weighted by molar-refractivity contribution is 0.0726. The van der Waals surface area contributed by atoms with Gasteiger partial charge in [-0.05, 0) is 66.4 Å². The smallest absolute Gasteiger partial charge is 0.255 e. The molecule has 0 unspecified atom stereocenters. The van der Waals surface area contributed by atoms with Crippen LogP contribution >= 0.6 is 11.3 Å². The first-order valence-electron chi connectivity index (χ1n) is 8.32. The van der Waals surface area contributed by atoms with E-state index in [-0.39, 0.29) is 5.91 Å². The molecule has 0 N–H and O–H groups in total. The normalized spacial score (nSPS) is 10.7. The fraction of sp³-hybridized carbons (Fsp3) is 0.238. The number of pyridine rings is 1. The minimum Gasteiger partial charge on any atom is -0.328 e. The SMILES string of the molecule is Cc1cc(C)c(C(=O)N(Cc2ccsc2)Cc2ccccn2)c(C)c1. The number of rotatable bonds is 5. The van der Waals surface area contributed by atoms with Crippen molar-refractivity contribution in [2.45, 2.75) is 33.9 Å². The van der Waals surface area contributed by atoms with Gasteiger partial charge in [0, 0.05) is 18.3 Å². The van der Waals surface area contributed by atoms with E-state index in [4.69, 9.17) is 0 Å². The van der Waals surface area contributed by atoms with Crippen molar-refractivity contribution in [2.75, 3.05) is 0 Å². The van der Waals surface area contributed by atoms with E-state index in [1.54, 1.807) is 17.5 Å². The molecule has 4 heteroatoms. The van der Waals surface area contributed by atoms with Gasteiger partial charge in [-0.3, -0.25) is 9.78 Å². The highest BCUT2D eigenvalue weighted by atomic mass is 32.1. The molecule has 0 saturated heterocycles. The Labute approximate surface area is 153 Å². The number of carbonyl (C=O) groups is 1. The largest absolute Gasteiger partial charge is 0.328 e. The number of thiophene rings is 1. The summed E-state index contributed by atoms with van der Waals surface area (Å²) in [6.07, 6.45) is 1.77. The maximum atomic E-state index is 13.3. The van der Waals surface area contributed by atoms with E-state index in [0.29, 0.717) is 13.1 Å². The zero-order valence-corrected chi connectivity index (χ0v) is 15.6. The van der Waals surface area contributed by atoms with E-state index in [2.05, 4.69) is 35.5 Å². The van der Waals surface area contributed by atoms with Gasteiger partial charge in [0.25, 0.3) is 5.91 Å². The molecule has 0 aliphatic heterocycles. The molecule has 25 heavy (non-hydrogen) atoms. The molecule has 0 atom stereocenters. The van der Waals surface area contributed by atoms with Crippen LogP contribution in [0.25, 0.3) is 0 Å². The Balaban J connectivity index is 1.94. The van der Waals surface area contributed by atoms with Gasteiger partial charge in [-0.2, -0.15) is 11.3 Å². The lowest BCUT2D eigenvalue weighted by Gasteiger charge is -2.24. The molecule has 128 valence electrons. The highest BCUT2D eigenvalue weighted by Gasteiger charge is 2.21. The molecular weight excluding hydrogens is 328 g/mol. The highest BCUT2D eigenvalue weighted by Crippen LogP contribution is 2.21. The van der Waals surface area contributed by atoms with Crippen LogP contribution in [0, 0.1) is 20.8 Å². The first-order chi connectivity index (χ1) is 12.0. The molecule has 3 rings (SSSR count). The molecule has 0 aliphatic rings. The molecule has 0 bridgehead atoms. The Hall–Kier alpha value is -2.46. The third kappa shape index (κ3) is 4.15. The van der Waals surface area contributed by atoms with Gasteiger partial charge < -0.3 is 4.90 Å². The zero-order chi connectivity index (χ0) is 17.8. The van der Waals surface area contributed by atoms with Gasteiger partial charge in [0.15, 0.2) is 0 Å². The minimum absolute atomic E-state index is 0.0619. The summed E-state index contributed by atoms with van der Waals surface area (Å²) in [7, 11) is 0. The predicted molar refractivity (Wildman–Crippen MR) is 103 cm³/mol. The predicted octanol–water partition coefficient (Wildman–Crippen LogP) is 4.91. The molecule has 2 heterocycles. The standard InChI is InChI=1S/C21H22N2OS/c1-15-10-16(2)20(17(3)11-15)21(24)23(12-18-7-9-25-14-18)13-19-6-4-5-8-22-19/h4-11,14H,12-13H2,1-3H3. The summed E-state index contributed by atoms with van der Waals surface area (Å²) >= 11 is 1.65. The summed E-state index contributed by atoms with van der Waals surface area (Å²) in [6.45, 7) is 7.17. The average Bonchev–Trinajstić information content (AvgIpc) is 3.07. The number of carbonyl (C=O) groups excluding carboxylic acids is 1. The maximum absolute atomic E-state index is 13.3. The lowest BCUT2D eigenvalue weighted by Crippen LogP contribution is -2.31. The number of benzene rings is 1. The monoisotopic (exact) mass is 350 g/mol. The van der Waals surface area contributed by atoms with Crippen molar-refractivity contribution >= 4 is 17.2 Å². The van der Waals surface area contributed by atoms with Crippen LogP contribution < -0.4 is 0 Å². The second-order valence-electron chi connectivity index (χ2n) is 6.39. The van der Waals surface area contributed by atoms with Crippen LogP contribution in [0.15, 0.2) is 53.4 Å². The minimum atomic E-state index is 0.0619. The van der Waals surface area contributed by atoms with Gasteiger partial charge in [-0.25, -0.2) is 0 Å². The highest BCUT2D eigenvalue weighted by molar-refractivity contribution is 7.07. The van der Waals surface area contributed by atoms with E-state index >= 15 is 0 Å². The van der Waals surface area contributed by atoms with Gasteiger partial charge >= 0.3 is 0 Å². The molecule has 0 aliphatic carbocycles. The summed E-state index contributed by atoms with van der Waals surface area (Å²) in [5.74, 6) is 0.0619. The van der Waals surface area contributed by atoms with Crippen molar-refractivity contribution in [3.63, 3.8) is 0 Å². The third-order valence-electron chi connectivity index (χ3n) is 4.21. The van der Waals surface area contributed by atoms with Crippen molar-refractivity contribution in [1.29, 1.82) is 0 Å². The Kier molecular flexibility index (Phi) is 5.29. The molecule has 3 aromatic rings. The molecule has 0 radical (unpaired) electrons. The third-order valence-corrected chi connectivity index (χ3v) is 4.94. The first-order valence-corrected chi connectivity index (χ1v) is 9.27. The van der Waals surface area contributed by atoms with Crippen LogP contribution in [0.5, 0.6) is 0 Å². The summed E-state index contributed by atoms with van der Waals surface area (Å²) in [5, 5.41) is 4.13. The van der Waals surface area contributed by atoms with E-state index in [1.807, 2.05) is 42.3 Å². The molecule has 0 saturated carbocycles. The topological polar surface area (TPSA) is 33.2 Å². The molecule has 2 aromatic heterocycles. The fourth-order valence-corrected chi connectivity index (χ4v) is 3.83. The van der Waals surface area contributed by atoms with E-state index in [9.17, 15) is 4.79 Å². The summed E-state index contributed by atoms with van der Waals surface area (Å²) < 4.78 is 0. The number of nitrogens with zero attached hydrogens (tertiary/aromatic N) is 2. The zero-order valence-electron chi connectivity index (χ0n) is 14.8. The molecule has 0 spiro atoms. The lowest BCUT2D eigenvalue weighted by atomic mass is 9.98. The Morgan fingerprint density at radius 2 is 1.84 bits per heavy atom. The van der Waals surface area contributed by atoms with Crippen molar-refractivity contribution < 1.29 is 4.79 Å². The Morgan fingerprint density at radius 1 is 1.08 bits per heavy atom. The Morgan fingerprint density at radius 3 is 2.44 bits per heavy atom. The number of hydrogen-bond donors (Lipinski definition) is 0. The van der Waals surface area contributed by atoms with Gasteiger partial charge in [-0.1, -0.05) is 23.8 Å². The number of hydrogen-bond acceptors (Lipinski definition) is 3. The maximum Gasteiger partial charge on any atom is 0.255 e. The van der Waals surface area contributed by atoms with Crippen LogP contribution in [0.2, 0.25) is 0 Å². The summed E-state index contributed by atoms with van der Waals surface area (Å²) in [6, 6.07) is 12.0. The van der Waals surface area contributed by atoms with Crippen LogP contribution in [-0.2, 0) is 13.1 Å². The molecular formula is C21H22N2OS. The second-order valence-corrected chi connectivity index (χ2v) is 7.17. The first kappa shape index (κ1) is 17.4. The summed E-state index contributed by atoms with van der Waals surface area (Å²) in [4.78, 5) is 19.6.